The van der Waals surface area contributed by atoms with E-state index >= 15 is 0 Å². The minimum Gasteiger partial charge on any atom is -0.478 e. The summed E-state index contributed by atoms with van der Waals surface area (Å²) in [6.07, 6.45) is 1.79. The monoisotopic (exact) mass is 237 g/mol. The van der Waals surface area contributed by atoms with Crippen LogP contribution < -0.4 is 10.5 Å². The van der Waals surface area contributed by atoms with Gasteiger partial charge < -0.3 is 10.5 Å². The highest BCUT2D eigenvalue weighted by Crippen LogP contribution is 2.13. The first kappa shape index (κ1) is 13.9. The number of aromatic nitrogens is 2. The van der Waals surface area contributed by atoms with Gasteiger partial charge in [0.25, 0.3) is 0 Å². The fourth-order valence-electron chi connectivity index (χ4n) is 1.88. The van der Waals surface area contributed by atoms with Crippen LogP contribution >= 0.6 is 0 Å². The molecule has 0 radical (unpaired) electrons. The smallest absolute Gasteiger partial charge is 0.216 e. The average molecular weight is 237 g/mol. The van der Waals surface area contributed by atoms with E-state index in [9.17, 15) is 0 Å². The Hall–Kier alpha value is -1.16. The van der Waals surface area contributed by atoms with Crippen LogP contribution in [-0.4, -0.2) is 22.6 Å². The van der Waals surface area contributed by atoms with Crippen LogP contribution in [0.4, 0.5) is 0 Å². The fraction of sp³-hybridized carbons (Fsp3) is 0.692. The predicted molar refractivity (Wildman–Crippen MR) is 69.1 cm³/mol. The first-order chi connectivity index (χ1) is 8.01. The summed E-state index contributed by atoms with van der Waals surface area (Å²) in [7, 11) is 0. The van der Waals surface area contributed by atoms with Crippen LogP contribution in [0.15, 0.2) is 6.07 Å². The molecule has 2 N–H and O–H groups in total. The van der Waals surface area contributed by atoms with Crippen molar-refractivity contribution in [1.29, 1.82) is 0 Å². The van der Waals surface area contributed by atoms with Crippen molar-refractivity contribution >= 4 is 0 Å². The van der Waals surface area contributed by atoms with Gasteiger partial charge in [-0.25, -0.2) is 4.98 Å². The van der Waals surface area contributed by atoms with E-state index in [2.05, 4.69) is 23.8 Å². The summed E-state index contributed by atoms with van der Waals surface area (Å²) >= 11 is 0. The van der Waals surface area contributed by atoms with E-state index in [1.165, 1.54) is 0 Å². The SMILES string of the molecule is CCOc1cc(CC(N)CC(C)C)nc(C)n1. The Morgan fingerprint density at radius 1 is 1.35 bits per heavy atom. The van der Waals surface area contributed by atoms with Crippen LogP contribution in [0.2, 0.25) is 0 Å². The van der Waals surface area contributed by atoms with Crippen LogP contribution in [0.3, 0.4) is 0 Å². The summed E-state index contributed by atoms with van der Waals surface area (Å²) in [5.41, 5.74) is 7.05. The molecule has 0 aliphatic rings. The Morgan fingerprint density at radius 3 is 2.65 bits per heavy atom. The average Bonchev–Trinajstić information content (AvgIpc) is 2.14. The van der Waals surface area contributed by atoms with Gasteiger partial charge in [-0.3, -0.25) is 0 Å². The maximum atomic E-state index is 6.08. The number of ether oxygens (including phenoxy) is 1. The topological polar surface area (TPSA) is 61.0 Å². The lowest BCUT2D eigenvalue weighted by atomic mass is 10.0. The van der Waals surface area contributed by atoms with Crippen molar-refractivity contribution in [1.82, 2.24) is 9.97 Å². The van der Waals surface area contributed by atoms with Crippen LogP contribution in [0, 0.1) is 12.8 Å². The van der Waals surface area contributed by atoms with Gasteiger partial charge in [0, 0.05) is 24.2 Å². The van der Waals surface area contributed by atoms with Gasteiger partial charge >= 0.3 is 0 Å². The fourth-order valence-corrected chi connectivity index (χ4v) is 1.88. The maximum Gasteiger partial charge on any atom is 0.216 e. The molecule has 0 aromatic carbocycles. The van der Waals surface area contributed by atoms with Crippen molar-refractivity contribution in [2.75, 3.05) is 6.61 Å². The normalized spacial score (nSPS) is 12.8. The summed E-state index contributed by atoms with van der Waals surface area (Å²) in [6.45, 7) is 8.79. The summed E-state index contributed by atoms with van der Waals surface area (Å²) in [5, 5.41) is 0. The van der Waals surface area contributed by atoms with Crippen molar-refractivity contribution in [3.05, 3.63) is 17.6 Å². The van der Waals surface area contributed by atoms with Crippen molar-refractivity contribution in [3.8, 4) is 5.88 Å². The standard InChI is InChI=1S/C13H23N3O/c1-5-17-13-8-12(15-10(4)16-13)7-11(14)6-9(2)3/h8-9,11H,5-7,14H2,1-4H3. The van der Waals surface area contributed by atoms with Gasteiger partial charge in [-0.2, -0.15) is 4.98 Å². The zero-order valence-electron chi connectivity index (χ0n) is 11.2. The molecular formula is C13H23N3O. The van der Waals surface area contributed by atoms with E-state index in [1.807, 2.05) is 19.9 Å². The van der Waals surface area contributed by atoms with Crippen LogP contribution in [0.1, 0.15) is 38.7 Å². The summed E-state index contributed by atoms with van der Waals surface area (Å²) in [5.74, 6) is 1.99. The Labute approximate surface area is 104 Å². The number of rotatable bonds is 6. The summed E-state index contributed by atoms with van der Waals surface area (Å²) in [4.78, 5) is 8.61. The number of hydrogen-bond donors (Lipinski definition) is 1. The number of nitrogens with zero attached hydrogens (tertiary/aromatic N) is 2. The zero-order valence-corrected chi connectivity index (χ0v) is 11.2. The molecule has 0 fully saturated rings. The van der Waals surface area contributed by atoms with E-state index in [4.69, 9.17) is 10.5 Å². The molecule has 1 unspecified atom stereocenters. The third kappa shape index (κ3) is 5.13. The third-order valence-electron chi connectivity index (χ3n) is 2.41. The zero-order chi connectivity index (χ0) is 12.8. The molecular weight excluding hydrogens is 214 g/mol. The molecule has 4 heteroatoms. The summed E-state index contributed by atoms with van der Waals surface area (Å²) < 4.78 is 5.40. The molecule has 1 aromatic heterocycles. The van der Waals surface area contributed by atoms with E-state index < -0.39 is 0 Å². The quantitative estimate of drug-likeness (QED) is 0.823. The van der Waals surface area contributed by atoms with Crippen molar-refractivity contribution < 1.29 is 4.74 Å². The molecule has 96 valence electrons. The molecule has 1 atom stereocenters. The van der Waals surface area contributed by atoms with Gasteiger partial charge in [-0.1, -0.05) is 13.8 Å². The number of hydrogen-bond acceptors (Lipinski definition) is 4. The van der Waals surface area contributed by atoms with Gasteiger partial charge in [-0.05, 0) is 26.2 Å². The number of nitrogens with two attached hydrogens (primary N) is 1. The van der Waals surface area contributed by atoms with Gasteiger partial charge in [0.05, 0.1) is 6.61 Å². The van der Waals surface area contributed by atoms with Crippen molar-refractivity contribution in [2.24, 2.45) is 11.7 Å². The molecule has 17 heavy (non-hydrogen) atoms. The molecule has 1 aromatic rings. The predicted octanol–water partition coefficient (Wildman–Crippen LogP) is 2.10. The van der Waals surface area contributed by atoms with Gasteiger partial charge in [0.15, 0.2) is 0 Å². The van der Waals surface area contributed by atoms with Crippen LogP contribution in [0.25, 0.3) is 0 Å². The Bertz CT molecular complexity index is 353. The molecule has 0 aliphatic carbocycles. The van der Waals surface area contributed by atoms with Crippen LogP contribution in [0.5, 0.6) is 5.88 Å². The molecule has 0 saturated heterocycles. The molecule has 4 nitrogen and oxygen atoms in total. The second kappa shape index (κ2) is 6.55. The first-order valence-corrected chi connectivity index (χ1v) is 6.24. The summed E-state index contributed by atoms with van der Waals surface area (Å²) in [6, 6.07) is 2.04. The molecule has 0 spiro atoms. The second-order valence-electron chi connectivity index (χ2n) is 4.77. The largest absolute Gasteiger partial charge is 0.478 e. The Kier molecular flexibility index (Phi) is 5.35. The van der Waals surface area contributed by atoms with Gasteiger partial charge in [0.2, 0.25) is 5.88 Å². The van der Waals surface area contributed by atoms with E-state index in [1.54, 1.807) is 0 Å². The van der Waals surface area contributed by atoms with Gasteiger partial charge in [-0.15, -0.1) is 0 Å². The maximum absolute atomic E-state index is 6.08. The highest BCUT2D eigenvalue weighted by atomic mass is 16.5. The lowest BCUT2D eigenvalue weighted by Gasteiger charge is -2.14. The molecule has 0 amide bonds. The highest BCUT2D eigenvalue weighted by Gasteiger charge is 2.09. The van der Waals surface area contributed by atoms with Crippen LogP contribution in [-0.2, 0) is 6.42 Å². The van der Waals surface area contributed by atoms with Crippen molar-refractivity contribution in [3.63, 3.8) is 0 Å². The molecule has 1 rings (SSSR count). The third-order valence-corrected chi connectivity index (χ3v) is 2.41. The molecule has 0 bridgehead atoms. The number of aryl methyl sites for hydroxylation is 1. The highest BCUT2D eigenvalue weighted by molar-refractivity contribution is 5.17. The van der Waals surface area contributed by atoms with Crippen molar-refractivity contribution in [2.45, 2.75) is 46.6 Å². The molecule has 1 heterocycles. The minimum atomic E-state index is 0.152. The first-order valence-electron chi connectivity index (χ1n) is 6.24. The van der Waals surface area contributed by atoms with E-state index in [-0.39, 0.29) is 6.04 Å². The van der Waals surface area contributed by atoms with E-state index in [0.29, 0.717) is 18.4 Å². The lowest BCUT2D eigenvalue weighted by molar-refractivity contribution is 0.324. The lowest BCUT2D eigenvalue weighted by Crippen LogP contribution is -2.25. The molecule has 0 saturated carbocycles. The minimum absolute atomic E-state index is 0.152. The second-order valence-corrected chi connectivity index (χ2v) is 4.77. The Morgan fingerprint density at radius 2 is 2.06 bits per heavy atom. The molecule has 0 aliphatic heterocycles. The van der Waals surface area contributed by atoms with E-state index in [0.717, 1.165) is 24.4 Å². The van der Waals surface area contributed by atoms with Gasteiger partial charge in [0.1, 0.15) is 5.82 Å². The Balaban J connectivity index is 2.69.